The third kappa shape index (κ3) is 5.80. The number of fused-ring (bicyclic) bond motifs is 1. The first-order valence-corrected chi connectivity index (χ1v) is 13.7. The van der Waals surface area contributed by atoms with E-state index in [4.69, 9.17) is 14.9 Å². The highest BCUT2D eigenvalue weighted by Crippen LogP contribution is 2.43. The Morgan fingerprint density at radius 2 is 2.11 bits per heavy atom. The number of piperidine rings is 1. The van der Waals surface area contributed by atoms with E-state index in [1.54, 1.807) is 7.11 Å². The molecule has 36 heavy (non-hydrogen) atoms. The van der Waals surface area contributed by atoms with Crippen LogP contribution >= 0.6 is 0 Å². The van der Waals surface area contributed by atoms with Crippen molar-refractivity contribution in [2.24, 2.45) is 23.5 Å². The van der Waals surface area contributed by atoms with Crippen molar-refractivity contribution in [2.75, 3.05) is 26.8 Å². The van der Waals surface area contributed by atoms with Gasteiger partial charge in [-0.15, -0.1) is 0 Å². The Balaban J connectivity index is 1.62. The van der Waals surface area contributed by atoms with Crippen molar-refractivity contribution in [1.29, 1.82) is 0 Å². The maximum absolute atomic E-state index is 13.4. The highest BCUT2D eigenvalue weighted by molar-refractivity contribution is 5.82. The summed E-state index contributed by atoms with van der Waals surface area (Å²) in [4.78, 5) is 15.3. The van der Waals surface area contributed by atoms with Gasteiger partial charge in [0, 0.05) is 62.1 Å². The minimum Gasteiger partial charge on any atom is -0.461 e. The van der Waals surface area contributed by atoms with E-state index in [0.29, 0.717) is 44.9 Å². The zero-order chi connectivity index (χ0) is 25.9. The Kier molecular flexibility index (Phi) is 8.76. The number of ether oxygens (including phenoxy) is 1. The molecule has 1 aromatic heterocycles. The van der Waals surface area contributed by atoms with E-state index in [1.165, 1.54) is 0 Å². The number of likely N-dealkylation sites (tertiary alicyclic amines) is 1. The molecule has 0 unspecified atom stereocenters. The van der Waals surface area contributed by atoms with Crippen molar-refractivity contribution in [3.8, 4) is 0 Å². The van der Waals surface area contributed by atoms with Crippen LogP contribution in [-0.2, 0) is 21.6 Å². The molecule has 4 N–H and O–H groups in total. The number of rotatable bonds is 10. The van der Waals surface area contributed by atoms with Crippen LogP contribution in [0.2, 0.25) is 0 Å². The van der Waals surface area contributed by atoms with Crippen LogP contribution in [0, 0.1) is 17.8 Å². The zero-order valence-corrected chi connectivity index (χ0v) is 22.1. The SMILES string of the molecule is COCCCC[C@@](O)(c1cccc2cc(CC(C)C)oc12)[C@@H]1CCCN(C(=O)[C@H]2C[C@@H](N)[C@@H](O)C2)C1. The van der Waals surface area contributed by atoms with E-state index in [1.807, 2.05) is 23.1 Å². The molecule has 1 aliphatic heterocycles. The van der Waals surface area contributed by atoms with Crippen LogP contribution in [0.1, 0.15) is 70.1 Å². The largest absolute Gasteiger partial charge is 0.461 e. The molecule has 4 rings (SSSR count). The lowest BCUT2D eigenvalue weighted by molar-refractivity contribution is -0.141. The molecule has 1 amide bonds. The van der Waals surface area contributed by atoms with Gasteiger partial charge in [0.05, 0.1) is 11.7 Å². The Morgan fingerprint density at radius 3 is 2.81 bits per heavy atom. The first kappa shape index (κ1) is 27.1. The molecule has 200 valence electrons. The maximum atomic E-state index is 13.4. The van der Waals surface area contributed by atoms with E-state index in [9.17, 15) is 15.0 Å². The zero-order valence-electron chi connectivity index (χ0n) is 22.1. The molecule has 2 aromatic rings. The minimum atomic E-state index is -1.12. The van der Waals surface area contributed by atoms with Crippen molar-refractivity contribution in [3.05, 3.63) is 35.6 Å². The second-order valence-corrected chi connectivity index (χ2v) is 11.4. The Hall–Kier alpha value is -1.93. The Bertz CT molecular complexity index is 1010. The smallest absolute Gasteiger partial charge is 0.225 e. The number of aliphatic hydroxyl groups is 2. The van der Waals surface area contributed by atoms with Crippen LogP contribution < -0.4 is 5.73 Å². The second-order valence-electron chi connectivity index (χ2n) is 11.4. The van der Waals surface area contributed by atoms with Crippen molar-refractivity contribution in [3.63, 3.8) is 0 Å². The summed E-state index contributed by atoms with van der Waals surface area (Å²) in [5.74, 6) is 1.12. The summed E-state index contributed by atoms with van der Waals surface area (Å²) < 4.78 is 11.6. The molecule has 1 aliphatic carbocycles. The topological polar surface area (TPSA) is 109 Å². The van der Waals surface area contributed by atoms with Gasteiger partial charge in [-0.2, -0.15) is 0 Å². The number of amides is 1. The van der Waals surface area contributed by atoms with Crippen molar-refractivity contribution < 1.29 is 24.2 Å². The maximum Gasteiger partial charge on any atom is 0.225 e. The molecular formula is C29H44N2O5. The number of aliphatic hydroxyl groups excluding tert-OH is 1. The molecular weight excluding hydrogens is 456 g/mol. The molecule has 7 heteroatoms. The molecule has 0 bridgehead atoms. The fourth-order valence-electron chi connectivity index (χ4n) is 6.24. The average Bonchev–Trinajstić information content (AvgIpc) is 3.42. The minimum absolute atomic E-state index is 0.0591. The summed E-state index contributed by atoms with van der Waals surface area (Å²) in [5, 5.41) is 23.5. The normalized spacial score (nSPS) is 26.6. The van der Waals surface area contributed by atoms with Crippen LogP contribution in [0.25, 0.3) is 11.0 Å². The van der Waals surface area contributed by atoms with Crippen molar-refractivity contribution in [2.45, 2.75) is 83.0 Å². The van der Waals surface area contributed by atoms with Gasteiger partial charge in [0.2, 0.25) is 5.91 Å². The van der Waals surface area contributed by atoms with Gasteiger partial charge in [-0.05, 0) is 56.9 Å². The van der Waals surface area contributed by atoms with Gasteiger partial charge >= 0.3 is 0 Å². The van der Waals surface area contributed by atoms with Gasteiger partial charge in [0.15, 0.2) is 0 Å². The van der Waals surface area contributed by atoms with Crippen LogP contribution in [0.4, 0.5) is 0 Å². The number of nitrogens with two attached hydrogens (primary N) is 1. The van der Waals surface area contributed by atoms with Crippen molar-refractivity contribution >= 4 is 16.9 Å². The summed E-state index contributed by atoms with van der Waals surface area (Å²) in [6.07, 6.45) is 5.11. The van der Waals surface area contributed by atoms with Gasteiger partial charge in [-0.25, -0.2) is 0 Å². The van der Waals surface area contributed by atoms with Gasteiger partial charge in [0.25, 0.3) is 0 Å². The standard InChI is InChI=1S/C29H44N2O5/c1-19(2)14-23-15-20-8-6-10-24(27(20)36-23)29(34,11-4-5-13-35-3)22-9-7-12-31(18-22)28(33)21-16-25(30)26(32)17-21/h6,8,10,15,19,21-22,25-26,32,34H,4-5,7,9,11-14,16-18,30H2,1-3H3/t21-,22+,25+,26-,29-/m0/s1. The summed E-state index contributed by atoms with van der Waals surface area (Å²) in [6, 6.07) is 7.79. The number of benzene rings is 1. The van der Waals surface area contributed by atoms with E-state index < -0.39 is 11.7 Å². The van der Waals surface area contributed by atoms with Gasteiger partial charge in [-0.3, -0.25) is 4.79 Å². The molecule has 2 aliphatic rings. The highest BCUT2D eigenvalue weighted by atomic mass is 16.5. The number of methoxy groups -OCH3 is 1. The molecule has 2 fully saturated rings. The van der Waals surface area contributed by atoms with Gasteiger partial charge in [-0.1, -0.05) is 32.0 Å². The van der Waals surface area contributed by atoms with Crippen molar-refractivity contribution in [1.82, 2.24) is 4.90 Å². The first-order valence-electron chi connectivity index (χ1n) is 13.7. The van der Waals surface area contributed by atoms with Crippen LogP contribution in [0.5, 0.6) is 0 Å². The van der Waals surface area contributed by atoms with E-state index in [-0.39, 0.29) is 23.8 Å². The fraction of sp³-hybridized carbons (Fsp3) is 0.690. The molecule has 1 aromatic carbocycles. The van der Waals surface area contributed by atoms with Gasteiger partial charge < -0.3 is 30.0 Å². The molecule has 0 radical (unpaired) electrons. The van der Waals surface area contributed by atoms with Crippen LogP contribution in [-0.4, -0.2) is 60.0 Å². The predicted molar refractivity (Wildman–Crippen MR) is 140 cm³/mol. The molecule has 1 saturated carbocycles. The molecule has 1 saturated heterocycles. The lowest BCUT2D eigenvalue weighted by Gasteiger charge is -2.43. The van der Waals surface area contributed by atoms with E-state index >= 15 is 0 Å². The molecule has 5 atom stereocenters. The lowest BCUT2D eigenvalue weighted by Crippen LogP contribution is -2.49. The monoisotopic (exact) mass is 500 g/mol. The third-order valence-corrected chi connectivity index (χ3v) is 8.16. The number of furan rings is 1. The number of para-hydroxylation sites is 1. The summed E-state index contributed by atoms with van der Waals surface area (Å²) in [7, 11) is 1.70. The lowest BCUT2D eigenvalue weighted by atomic mass is 9.73. The molecule has 0 spiro atoms. The number of hydrogen-bond acceptors (Lipinski definition) is 6. The number of carbonyl (C=O) groups is 1. The number of hydrogen-bond donors (Lipinski definition) is 3. The third-order valence-electron chi connectivity index (χ3n) is 8.16. The highest BCUT2D eigenvalue weighted by Gasteiger charge is 2.44. The summed E-state index contributed by atoms with van der Waals surface area (Å²) in [6.45, 7) is 6.17. The van der Waals surface area contributed by atoms with E-state index in [2.05, 4.69) is 19.9 Å². The number of nitrogens with zero attached hydrogens (tertiary/aromatic N) is 1. The van der Waals surface area contributed by atoms with E-state index in [0.717, 1.165) is 54.4 Å². The van der Waals surface area contributed by atoms with Crippen LogP contribution in [0.3, 0.4) is 0 Å². The quantitative estimate of drug-likeness (QED) is 0.426. The van der Waals surface area contributed by atoms with Gasteiger partial charge in [0.1, 0.15) is 11.3 Å². The number of carbonyl (C=O) groups excluding carboxylic acids is 1. The first-order chi connectivity index (χ1) is 17.2. The number of unbranched alkanes of at least 4 members (excludes halogenated alkanes) is 1. The molecule has 7 nitrogen and oxygen atoms in total. The fourth-order valence-corrected chi connectivity index (χ4v) is 6.24. The predicted octanol–water partition coefficient (Wildman–Crippen LogP) is 3.97. The average molecular weight is 501 g/mol. The summed E-state index contributed by atoms with van der Waals surface area (Å²) in [5.41, 5.74) is 6.46. The van der Waals surface area contributed by atoms with Crippen LogP contribution in [0.15, 0.2) is 28.7 Å². The second kappa shape index (κ2) is 11.6. The summed E-state index contributed by atoms with van der Waals surface area (Å²) >= 11 is 0. The Morgan fingerprint density at radius 1 is 1.31 bits per heavy atom. The molecule has 2 heterocycles. The Labute approximate surface area is 215 Å².